The molecule has 0 bridgehead atoms. The van der Waals surface area contributed by atoms with Crippen LogP contribution in [-0.2, 0) is 0 Å². The van der Waals surface area contributed by atoms with Gasteiger partial charge in [-0.3, -0.25) is 0 Å². The van der Waals surface area contributed by atoms with Gasteiger partial charge in [-0.05, 0) is 30.4 Å². The molecule has 1 fully saturated rings. The van der Waals surface area contributed by atoms with Crippen molar-refractivity contribution in [3.05, 3.63) is 35.4 Å². The van der Waals surface area contributed by atoms with Crippen LogP contribution < -0.4 is 0 Å². The summed E-state index contributed by atoms with van der Waals surface area (Å²) in [5.74, 6) is 0.960. The van der Waals surface area contributed by atoms with E-state index in [1.165, 1.54) is 30.4 Å². The predicted molar refractivity (Wildman–Crippen MR) is 60.2 cm³/mol. The molecule has 0 nitrogen and oxygen atoms in total. The van der Waals surface area contributed by atoms with E-state index in [9.17, 15) is 0 Å². The fraction of sp³-hybridized carbons (Fsp3) is 0.500. The molecule has 0 N–H and O–H groups in total. The van der Waals surface area contributed by atoms with Crippen molar-refractivity contribution in [2.45, 2.75) is 31.4 Å². The van der Waals surface area contributed by atoms with Crippen molar-refractivity contribution in [3.8, 4) is 0 Å². The number of aryl methyl sites for hydroxylation is 1. The maximum atomic E-state index is 4.67. The second-order valence-electron chi connectivity index (χ2n) is 4.05. The number of thiol groups is 1. The van der Waals surface area contributed by atoms with E-state index < -0.39 is 0 Å². The average molecular weight is 192 g/mol. The van der Waals surface area contributed by atoms with Gasteiger partial charge in [-0.15, -0.1) is 0 Å². The molecule has 2 rings (SSSR count). The lowest BCUT2D eigenvalue weighted by molar-refractivity contribution is 0.714. The van der Waals surface area contributed by atoms with E-state index >= 15 is 0 Å². The van der Waals surface area contributed by atoms with Gasteiger partial charge in [0.1, 0.15) is 0 Å². The summed E-state index contributed by atoms with van der Waals surface area (Å²) in [7, 11) is 0. The Morgan fingerprint density at radius 2 is 2.08 bits per heavy atom. The zero-order chi connectivity index (χ0) is 9.26. The molecule has 1 aliphatic rings. The standard InChI is InChI=1S/C12H16S/c1-9-4-2-3-5-11(9)12(13)8-10-6-7-10/h2-5,10,12-13H,6-8H2,1H3. The Morgan fingerprint density at radius 1 is 1.38 bits per heavy atom. The molecular formula is C12H16S. The Kier molecular flexibility index (Phi) is 2.63. The fourth-order valence-electron chi connectivity index (χ4n) is 1.76. The van der Waals surface area contributed by atoms with E-state index in [0.717, 1.165) is 5.92 Å². The molecule has 0 amide bonds. The number of hydrogen-bond acceptors (Lipinski definition) is 1. The van der Waals surface area contributed by atoms with Crippen molar-refractivity contribution >= 4 is 12.6 Å². The Hall–Kier alpha value is -0.430. The van der Waals surface area contributed by atoms with Crippen molar-refractivity contribution in [1.82, 2.24) is 0 Å². The van der Waals surface area contributed by atoms with Crippen LogP contribution in [0, 0.1) is 12.8 Å². The summed E-state index contributed by atoms with van der Waals surface area (Å²) in [6.07, 6.45) is 4.10. The lowest BCUT2D eigenvalue weighted by Gasteiger charge is -2.12. The summed E-state index contributed by atoms with van der Waals surface area (Å²) < 4.78 is 0. The molecule has 1 aliphatic carbocycles. The molecule has 1 unspecified atom stereocenters. The zero-order valence-electron chi connectivity index (χ0n) is 8.03. The van der Waals surface area contributed by atoms with Gasteiger partial charge in [0.25, 0.3) is 0 Å². The summed E-state index contributed by atoms with van der Waals surface area (Å²) in [6, 6.07) is 8.58. The fourth-order valence-corrected chi connectivity index (χ4v) is 2.34. The summed E-state index contributed by atoms with van der Waals surface area (Å²) in [5.41, 5.74) is 2.79. The third kappa shape index (κ3) is 2.28. The zero-order valence-corrected chi connectivity index (χ0v) is 8.93. The lowest BCUT2D eigenvalue weighted by Crippen LogP contribution is -1.94. The third-order valence-electron chi connectivity index (χ3n) is 2.80. The van der Waals surface area contributed by atoms with Gasteiger partial charge in [0, 0.05) is 5.25 Å². The van der Waals surface area contributed by atoms with E-state index in [-0.39, 0.29) is 0 Å². The second kappa shape index (κ2) is 3.75. The SMILES string of the molecule is Cc1ccccc1C(S)CC1CC1. The van der Waals surface area contributed by atoms with Gasteiger partial charge in [0.2, 0.25) is 0 Å². The number of benzene rings is 1. The van der Waals surface area contributed by atoms with Crippen molar-refractivity contribution in [3.63, 3.8) is 0 Å². The Morgan fingerprint density at radius 3 is 2.69 bits per heavy atom. The first-order valence-corrected chi connectivity index (χ1v) is 5.52. The third-order valence-corrected chi connectivity index (χ3v) is 3.29. The normalized spacial score (nSPS) is 18.6. The molecule has 0 aromatic heterocycles. The van der Waals surface area contributed by atoms with Crippen LogP contribution in [0.1, 0.15) is 35.6 Å². The number of rotatable bonds is 3. The summed E-state index contributed by atoms with van der Waals surface area (Å²) in [5, 5.41) is 0.452. The summed E-state index contributed by atoms with van der Waals surface area (Å²) in [6.45, 7) is 2.17. The maximum Gasteiger partial charge on any atom is 0.0272 e. The van der Waals surface area contributed by atoms with Gasteiger partial charge in [-0.2, -0.15) is 12.6 Å². The van der Waals surface area contributed by atoms with Crippen LogP contribution in [-0.4, -0.2) is 0 Å². The van der Waals surface area contributed by atoms with Crippen LogP contribution >= 0.6 is 12.6 Å². The summed E-state index contributed by atoms with van der Waals surface area (Å²) >= 11 is 4.67. The topological polar surface area (TPSA) is 0 Å². The number of hydrogen-bond donors (Lipinski definition) is 1. The van der Waals surface area contributed by atoms with E-state index in [1.54, 1.807) is 0 Å². The first-order chi connectivity index (χ1) is 6.27. The molecule has 0 radical (unpaired) electrons. The highest BCUT2D eigenvalue weighted by molar-refractivity contribution is 7.80. The molecular weight excluding hydrogens is 176 g/mol. The molecule has 0 aliphatic heterocycles. The van der Waals surface area contributed by atoms with Crippen LogP contribution in [0.3, 0.4) is 0 Å². The molecule has 1 aromatic rings. The lowest BCUT2D eigenvalue weighted by atomic mass is 10.0. The molecule has 0 spiro atoms. The van der Waals surface area contributed by atoms with Crippen molar-refractivity contribution in [1.29, 1.82) is 0 Å². The Balaban J connectivity index is 2.09. The van der Waals surface area contributed by atoms with Crippen molar-refractivity contribution in [2.24, 2.45) is 5.92 Å². The van der Waals surface area contributed by atoms with Gasteiger partial charge in [0.15, 0.2) is 0 Å². The minimum atomic E-state index is 0.452. The monoisotopic (exact) mass is 192 g/mol. The van der Waals surface area contributed by atoms with E-state index in [2.05, 4.69) is 43.8 Å². The molecule has 1 aromatic carbocycles. The largest absolute Gasteiger partial charge is 0.171 e. The molecule has 0 saturated heterocycles. The first-order valence-electron chi connectivity index (χ1n) is 5.01. The Bertz CT molecular complexity index is 289. The van der Waals surface area contributed by atoms with Gasteiger partial charge < -0.3 is 0 Å². The molecule has 1 saturated carbocycles. The summed E-state index contributed by atoms with van der Waals surface area (Å²) in [4.78, 5) is 0. The molecule has 1 heteroatoms. The predicted octanol–water partition coefficient (Wildman–Crippen LogP) is 3.77. The first kappa shape index (κ1) is 9.14. The van der Waals surface area contributed by atoms with Gasteiger partial charge in [-0.1, -0.05) is 37.1 Å². The highest BCUT2D eigenvalue weighted by Crippen LogP contribution is 2.40. The Labute approximate surface area is 85.8 Å². The van der Waals surface area contributed by atoms with E-state index in [0.29, 0.717) is 5.25 Å². The van der Waals surface area contributed by atoms with Crippen LogP contribution in [0.2, 0.25) is 0 Å². The van der Waals surface area contributed by atoms with E-state index in [1.807, 2.05) is 0 Å². The molecule has 13 heavy (non-hydrogen) atoms. The van der Waals surface area contributed by atoms with Gasteiger partial charge >= 0.3 is 0 Å². The van der Waals surface area contributed by atoms with Crippen molar-refractivity contribution < 1.29 is 0 Å². The van der Waals surface area contributed by atoms with Gasteiger partial charge in [-0.25, -0.2) is 0 Å². The quantitative estimate of drug-likeness (QED) is 0.692. The molecule has 0 heterocycles. The van der Waals surface area contributed by atoms with Crippen LogP contribution in [0.4, 0.5) is 0 Å². The van der Waals surface area contributed by atoms with E-state index in [4.69, 9.17) is 0 Å². The minimum absolute atomic E-state index is 0.452. The van der Waals surface area contributed by atoms with Crippen LogP contribution in [0.15, 0.2) is 24.3 Å². The maximum absolute atomic E-state index is 4.67. The van der Waals surface area contributed by atoms with Crippen LogP contribution in [0.5, 0.6) is 0 Å². The second-order valence-corrected chi connectivity index (χ2v) is 4.67. The molecule has 1 atom stereocenters. The van der Waals surface area contributed by atoms with Crippen LogP contribution in [0.25, 0.3) is 0 Å². The minimum Gasteiger partial charge on any atom is -0.171 e. The van der Waals surface area contributed by atoms with Crippen molar-refractivity contribution in [2.75, 3.05) is 0 Å². The average Bonchev–Trinajstić information content (AvgIpc) is 2.89. The van der Waals surface area contributed by atoms with Gasteiger partial charge in [0.05, 0.1) is 0 Å². The smallest absolute Gasteiger partial charge is 0.0272 e. The highest BCUT2D eigenvalue weighted by Gasteiger charge is 2.24. The highest BCUT2D eigenvalue weighted by atomic mass is 32.1. The molecule has 70 valence electrons.